The van der Waals surface area contributed by atoms with E-state index in [9.17, 15) is 13.6 Å². The van der Waals surface area contributed by atoms with Gasteiger partial charge in [-0.2, -0.15) is 8.78 Å². The van der Waals surface area contributed by atoms with E-state index in [4.69, 9.17) is 4.74 Å². The van der Waals surface area contributed by atoms with Gasteiger partial charge in [-0.05, 0) is 24.6 Å². The Morgan fingerprint density at radius 2 is 2.11 bits per heavy atom. The van der Waals surface area contributed by atoms with Gasteiger partial charge in [-0.1, -0.05) is 12.1 Å². The Morgan fingerprint density at radius 3 is 2.61 bits per heavy atom. The van der Waals surface area contributed by atoms with E-state index in [2.05, 4.69) is 4.74 Å². The number of carbonyl (C=O) groups excluding carboxylic acids is 1. The van der Waals surface area contributed by atoms with Gasteiger partial charge in [0.05, 0.1) is 6.54 Å². The van der Waals surface area contributed by atoms with Gasteiger partial charge >= 0.3 is 12.7 Å². The summed E-state index contributed by atoms with van der Waals surface area (Å²) in [6, 6.07) is 6.20. The van der Waals surface area contributed by atoms with Gasteiger partial charge in [-0.25, -0.2) is 4.79 Å². The van der Waals surface area contributed by atoms with Gasteiger partial charge in [-0.15, -0.1) is 0 Å². The quantitative estimate of drug-likeness (QED) is 0.832. The summed E-state index contributed by atoms with van der Waals surface area (Å²) in [6.45, 7) is -0.0748. The first kappa shape index (κ1) is 12.6. The largest absolute Gasteiger partial charge is 0.444 e. The van der Waals surface area contributed by atoms with Gasteiger partial charge in [0.15, 0.2) is 0 Å². The van der Waals surface area contributed by atoms with Gasteiger partial charge < -0.3 is 14.4 Å². The molecule has 1 atom stereocenters. The summed E-state index contributed by atoms with van der Waals surface area (Å²) < 4.78 is 33.1. The van der Waals surface area contributed by atoms with Crippen molar-refractivity contribution in [3.05, 3.63) is 29.8 Å². The summed E-state index contributed by atoms with van der Waals surface area (Å²) in [7, 11) is 0. The maximum atomic E-state index is 12.0. The number of halogens is 2. The van der Waals surface area contributed by atoms with Crippen LogP contribution in [0.2, 0.25) is 0 Å². The Balaban J connectivity index is 1.96. The van der Waals surface area contributed by atoms with Gasteiger partial charge in [0.25, 0.3) is 0 Å². The molecule has 98 valence electrons. The molecule has 1 aromatic rings. The van der Waals surface area contributed by atoms with Gasteiger partial charge in [-0.3, -0.25) is 0 Å². The predicted octanol–water partition coefficient (Wildman–Crippen LogP) is 2.63. The zero-order valence-corrected chi connectivity index (χ0v) is 9.81. The number of hydrogen-bond donors (Lipinski definition) is 0. The average molecular weight is 257 g/mol. The Labute approximate surface area is 103 Å². The molecule has 0 bridgehead atoms. The number of hydrogen-bond acceptors (Lipinski definition) is 3. The molecule has 18 heavy (non-hydrogen) atoms. The summed E-state index contributed by atoms with van der Waals surface area (Å²) in [5.74, 6) is 0.103. The fourth-order valence-corrected chi connectivity index (χ4v) is 1.79. The lowest BCUT2D eigenvalue weighted by Gasteiger charge is -2.13. The van der Waals surface area contributed by atoms with Gasteiger partial charge in [0.1, 0.15) is 11.9 Å². The van der Waals surface area contributed by atoms with Gasteiger partial charge in [0.2, 0.25) is 0 Å². The molecule has 1 fully saturated rings. The minimum atomic E-state index is -2.83. The van der Waals surface area contributed by atoms with Gasteiger partial charge in [0, 0.05) is 6.54 Å². The Kier molecular flexibility index (Phi) is 3.64. The van der Waals surface area contributed by atoms with E-state index >= 15 is 0 Å². The summed E-state index contributed by atoms with van der Waals surface area (Å²) in [6.07, 6.45) is -0.464. The lowest BCUT2D eigenvalue weighted by molar-refractivity contribution is -0.0498. The average Bonchev–Trinajstić information content (AvgIpc) is 2.59. The van der Waals surface area contributed by atoms with Crippen molar-refractivity contribution in [2.75, 3.05) is 6.54 Å². The fourth-order valence-electron chi connectivity index (χ4n) is 1.79. The first-order chi connectivity index (χ1) is 8.54. The molecular formula is C12H13F2NO3. The zero-order chi connectivity index (χ0) is 13.1. The molecule has 0 aliphatic carbocycles. The van der Waals surface area contributed by atoms with Crippen molar-refractivity contribution in [3.8, 4) is 5.75 Å². The summed E-state index contributed by atoms with van der Waals surface area (Å²) in [5.41, 5.74) is 0.836. The molecule has 1 aliphatic rings. The van der Waals surface area contributed by atoms with E-state index in [0.717, 1.165) is 5.56 Å². The van der Waals surface area contributed by atoms with Crippen molar-refractivity contribution in [3.63, 3.8) is 0 Å². The van der Waals surface area contributed by atoms with Crippen LogP contribution in [0.1, 0.15) is 12.5 Å². The molecule has 1 aromatic carbocycles. The van der Waals surface area contributed by atoms with Crippen molar-refractivity contribution < 1.29 is 23.0 Å². The van der Waals surface area contributed by atoms with Crippen LogP contribution in [-0.4, -0.2) is 30.3 Å². The van der Waals surface area contributed by atoms with Crippen LogP contribution >= 0.6 is 0 Å². The molecular weight excluding hydrogens is 244 g/mol. The van der Waals surface area contributed by atoms with Crippen LogP contribution in [0.25, 0.3) is 0 Å². The molecule has 1 amide bonds. The molecule has 1 unspecified atom stereocenters. The Morgan fingerprint density at radius 1 is 1.44 bits per heavy atom. The van der Waals surface area contributed by atoms with Crippen LogP contribution in [0.3, 0.4) is 0 Å². The fraction of sp³-hybridized carbons (Fsp3) is 0.417. The topological polar surface area (TPSA) is 38.8 Å². The zero-order valence-electron chi connectivity index (χ0n) is 9.81. The van der Waals surface area contributed by atoms with E-state index in [1.165, 1.54) is 12.1 Å². The summed E-state index contributed by atoms with van der Waals surface area (Å²) in [4.78, 5) is 12.9. The van der Waals surface area contributed by atoms with Crippen LogP contribution < -0.4 is 4.74 Å². The molecule has 0 saturated carbocycles. The Bertz CT molecular complexity index is 422. The van der Waals surface area contributed by atoms with Crippen LogP contribution in [0.4, 0.5) is 13.6 Å². The second kappa shape index (κ2) is 5.20. The van der Waals surface area contributed by atoms with Crippen LogP contribution in [0, 0.1) is 0 Å². The second-order valence-electron chi connectivity index (χ2n) is 4.10. The van der Waals surface area contributed by atoms with Crippen molar-refractivity contribution in [1.29, 1.82) is 0 Å². The highest BCUT2D eigenvalue weighted by atomic mass is 19.3. The highest BCUT2D eigenvalue weighted by Crippen LogP contribution is 2.18. The summed E-state index contributed by atoms with van der Waals surface area (Å²) in [5, 5.41) is 0. The lowest BCUT2D eigenvalue weighted by atomic mass is 10.2. The minimum absolute atomic E-state index is 0.103. The number of benzene rings is 1. The van der Waals surface area contributed by atoms with Crippen LogP contribution in [0.5, 0.6) is 5.75 Å². The first-order valence-corrected chi connectivity index (χ1v) is 5.54. The van der Waals surface area contributed by atoms with E-state index in [1.54, 1.807) is 17.0 Å². The van der Waals surface area contributed by atoms with Crippen LogP contribution in [-0.2, 0) is 11.3 Å². The third-order valence-electron chi connectivity index (χ3n) is 2.56. The summed E-state index contributed by atoms with van der Waals surface area (Å²) >= 11 is 0. The monoisotopic (exact) mass is 257 g/mol. The maximum absolute atomic E-state index is 12.0. The van der Waals surface area contributed by atoms with E-state index in [1.807, 2.05) is 6.92 Å². The smallest absolute Gasteiger partial charge is 0.410 e. The third-order valence-corrected chi connectivity index (χ3v) is 2.56. The molecule has 4 nitrogen and oxygen atoms in total. The highest BCUT2D eigenvalue weighted by molar-refractivity contribution is 5.69. The molecule has 0 spiro atoms. The minimum Gasteiger partial charge on any atom is -0.444 e. The SMILES string of the molecule is CC1CN(Cc2ccc(OC(F)F)cc2)C(=O)O1. The van der Waals surface area contributed by atoms with E-state index in [-0.39, 0.29) is 17.9 Å². The molecule has 1 saturated heterocycles. The molecule has 2 rings (SSSR count). The highest BCUT2D eigenvalue weighted by Gasteiger charge is 2.27. The predicted molar refractivity (Wildman–Crippen MR) is 59.4 cm³/mol. The van der Waals surface area contributed by atoms with Crippen molar-refractivity contribution in [1.82, 2.24) is 4.90 Å². The third kappa shape index (κ3) is 3.09. The Hall–Kier alpha value is -1.85. The first-order valence-electron chi connectivity index (χ1n) is 5.54. The molecule has 6 heteroatoms. The number of alkyl halides is 2. The number of amides is 1. The van der Waals surface area contributed by atoms with E-state index in [0.29, 0.717) is 13.1 Å². The number of nitrogens with zero attached hydrogens (tertiary/aromatic N) is 1. The van der Waals surface area contributed by atoms with Crippen molar-refractivity contribution in [2.45, 2.75) is 26.2 Å². The lowest BCUT2D eigenvalue weighted by Crippen LogP contribution is -2.24. The number of cyclic esters (lactones) is 1. The van der Waals surface area contributed by atoms with Crippen molar-refractivity contribution >= 4 is 6.09 Å². The number of carbonyl (C=O) groups is 1. The number of ether oxygens (including phenoxy) is 2. The molecule has 0 radical (unpaired) electrons. The molecule has 1 aliphatic heterocycles. The normalized spacial score (nSPS) is 19.2. The molecule has 0 aromatic heterocycles. The molecule has 1 heterocycles. The van der Waals surface area contributed by atoms with E-state index < -0.39 is 6.61 Å². The number of rotatable bonds is 4. The second-order valence-corrected chi connectivity index (χ2v) is 4.10. The molecule has 0 N–H and O–H groups in total. The maximum Gasteiger partial charge on any atom is 0.410 e. The standard InChI is InChI=1S/C12H13F2NO3/c1-8-6-15(12(16)17-8)7-9-2-4-10(5-3-9)18-11(13)14/h2-5,8,11H,6-7H2,1H3. The van der Waals surface area contributed by atoms with Crippen molar-refractivity contribution in [2.24, 2.45) is 0 Å². The van der Waals surface area contributed by atoms with Crippen LogP contribution in [0.15, 0.2) is 24.3 Å².